The van der Waals surface area contributed by atoms with Crippen molar-refractivity contribution in [1.29, 1.82) is 0 Å². The maximum absolute atomic E-state index is 12.8. The standard InChI is InChI=1S/C16H22FNO7S/c1-10-11(7-14(19)20)5-13(25-26(17,22)23)6-12(10)8-18-9-15(21)24-16(2,3)4/h5-6,18H,7-9H2,1-4H3,(H,19,20). The average Bonchev–Trinajstić information content (AvgIpc) is 2.39. The number of rotatable bonds is 8. The summed E-state index contributed by atoms with van der Waals surface area (Å²) in [5.74, 6) is -1.97. The van der Waals surface area contributed by atoms with Crippen molar-refractivity contribution in [1.82, 2.24) is 5.32 Å². The van der Waals surface area contributed by atoms with Crippen LogP contribution in [0.4, 0.5) is 3.89 Å². The Kier molecular flexibility index (Phi) is 7.10. The van der Waals surface area contributed by atoms with Crippen molar-refractivity contribution >= 4 is 22.4 Å². The molecule has 0 unspecified atom stereocenters. The molecule has 146 valence electrons. The molecule has 0 aliphatic heterocycles. The molecule has 0 aliphatic rings. The lowest BCUT2D eigenvalue weighted by molar-refractivity contribution is -0.153. The highest BCUT2D eigenvalue weighted by Gasteiger charge is 2.18. The zero-order valence-electron chi connectivity index (χ0n) is 15.0. The van der Waals surface area contributed by atoms with Crippen molar-refractivity contribution in [2.45, 2.75) is 46.3 Å². The summed E-state index contributed by atoms with van der Waals surface area (Å²) in [7, 11) is -5.25. The van der Waals surface area contributed by atoms with Crippen molar-refractivity contribution in [3.8, 4) is 5.75 Å². The SMILES string of the molecule is Cc1c(CNCC(=O)OC(C)(C)C)cc(OS(=O)(=O)F)cc1CC(=O)O. The molecule has 1 aromatic rings. The van der Waals surface area contributed by atoms with Crippen molar-refractivity contribution in [2.24, 2.45) is 0 Å². The lowest BCUT2D eigenvalue weighted by Gasteiger charge is -2.20. The molecule has 0 atom stereocenters. The molecule has 0 aromatic heterocycles. The van der Waals surface area contributed by atoms with Gasteiger partial charge in [-0.1, -0.05) is 3.89 Å². The molecular weight excluding hydrogens is 369 g/mol. The average molecular weight is 391 g/mol. The summed E-state index contributed by atoms with van der Waals surface area (Å²) in [5, 5.41) is 11.8. The Balaban J connectivity index is 2.96. The summed E-state index contributed by atoms with van der Waals surface area (Å²) in [5.41, 5.74) is 0.665. The highest BCUT2D eigenvalue weighted by atomic mass is 32.3. The first-order valence-electron chi connectivity index (χ1n) is 7.67. The maximum Gasteiger partial charge on any atom is 0.488 e. The smallest absolute Gasteiger partial charge is 0.481 e. The zero-order chi connectivity index (χ0) is 20.1. The Labute approximate surface area is 151 Å². The van der Waals surface area contributed by atoms with Crippen molar-refractivity contribution in [2.75, 3.05) is 6.54 Å². The van der Waals surface area contributed by atoms with Crippen LogP contribution in [0, 0.1) is 6.92 Å². The first kappa shape index (κ1) is 21.8. The van der Waals surface area contributed by atoms with Crippen LogP contribution in [0.25, 0.3) is 0 Å². The molecule has 0 radical (unpaired) electrons. The first-order chi connectivity index (χ1) is 11.8. The second kappa shape index (κ2) is 8.45. The molecule has 0 aliphatic carbocycles. The molecular formula is C16H22FNO7S. The van der Waals surface area contributed by atoms with E-state index in [-0.39, 0.29) is 24.4 Å². The molecule has 0 bridgehead atoms. The number of aliphatic carboxylic acids is 1. The van der Waals surface area contributed by atoms with Gasteiger partial charge in [0.2, 0.25) is 0 Å². The number of carbonyl (C=O) groups excluding carboxylic acids is 1. The van der Waals surface area contributed by atoms with Gasteiger partial charge in [0.25, 0.3) is 0 Å². The van der Waals surface area contributed by atoms with Gasteiger partial charge >= 0.3 is 22.4 Å². The van der Waals surface area contributed by atoms with E-state index in [9.17, 15) is 21.9 Å². The van der Waals surface area contributed by atoms with Crippen LogP contribution >= 0.6 is 0 Å². The minimum Gasteiger partial charge on any atom is -0.481 e. The number of hydrogen-bond donors (Lipinski definition) is 2. The lowest BCUT2D eigenvalue weighted by Crippen LogP contribution is -2.31. The van der Waals surface area contributed by atoms with Gasteiger partial charge in [-0.3, -0.25) is 9.59 Å². The Bertz CT molecular complexity index is 785. The second-order valence-corrected chi connectivity index (χ2v) is 7.56. The number of esters is 1. The van der Waals surface area contributed by atoms with Crippen LogP contribution < -0.4 is 9.50 Å². The third-order valence-corrected chi connectivity index (χ3v) is 3.53. The summed E-state index contributed by atoms with van der Waals surface area (Å²) in [6.45, 7) is 6.80. The van der Waals surface area contributed by atoms with Gasteiger partial charge in [-0.25, -0.2) is 0 Å². The second-order valence-electron chi connectivity index (χ2n) is 6.60. The Hall–Kier alpha value is -2.20. The number of carboxylic acid groups (broad SMARTS) is 1. The molecule has 0 saturated carbocycles. The molecule has 0 saturated heterocycles. The fraction of sp³-hybridized carbons (Fsp3) is 0.500. The van der Waals surface area contributed by atoms with Gasteiger partial charge in [-0.05, 0) is 56.5 Å². The number of halogens is 1. The van der Waals surface area contributed by atoms with Gasteiger partial charge in [0.1, 0.15) is 11.4 Å². The van der Waals surface area contributed by atoms with Crippen molar-refractivity contribution in [3.05, 3.63) is 28.8 Å². The number of carbonyl (C=O) groups is 2. The number of ether oxygens (including phenoxy) is 1. The Morgan fingerprint density at radius 2 is 1.81 bits per heavy atom. The predicted molar refractivity (Wildman–Crippen MR) is 90.7 cm³/mol. The van der Waals surface area contributed by atoms with E-state index in [0.717, 1.165) is 6.07 Å². The molecule has 1 aromatic carbocycles. The van der Waals surface area contributed by atoms with Crippen LogP contribution in [0.5, 0.6) is 5.75 Å². The zero-order valence-corrected chi connectivity index (χ0v) is 15.8. The topological polar surface area (TPSA) is 119 Å². The van der Waals surface area contributed by atoms with Gasteiger partial charge in [-0.2, -0.15) is 8.42 Å². The molecule has 0 spiro atoms. The fourth-order valence-electron chi connectivity index (χ4n) is 2.18. The van der Waals surface area contributed by atoms with Gasteiger partial charge in [-0.15, -0.1) is 0 Å². The number of nitrogens with one attached hydrogen (secondary N) is 1. The van der Waals surface area contributed by atoms with Crippen molar-refractivity contribution in [3.63, 3.8) is 0 Å². The van der Waals surface area contributed by atoms with E-state index in [4.69, 9.17) is 9.84 Å². The van der Waals surface area contributed by atoms with Crippen molar-refractivity contribution < 1.29 is 35.9 Å². The van der Waals surface area contributed by atoms with Crippen LogP contribution in [-0.4, -0.2) is 37.6 Å². The highest BCUT2D eigenvalue weighted by molar-refractivity contribution is 7.81. The number of hydrogen-bond acceptors (Lipinski definition) is 7. The van der Waals surface area contributed by atoms with E-state index in [1.54, 1.807) is 27.7 Å². The van der Waals surface area contributed by atoms with E-state index >= 15 is 0 Å². The monoisotopic (exact) mass is 391 g/mol. The molecule has 2 N–H and O–H groups in total. The quantitative estimate of drug-likeness (QED) is 0.507. The van der Waals surface area contributed by atoms with Gasteiger partial charge in [0, 0.05) is 6.54 Å². The van der Waals surface area contributed by atoms with Crippen LogP contribution in [-0.2, 0) is 37.8 Å². The van der Waals surface area contributed by atoms with Crippen LogP contribution in [0.3, 0.4) is 0 Å². The highest BCUT2D eigenvalue weighted by Crippen LogP contribution is 2.24. The molecule has 8 nitrogen and oxygen atoms in total. The summed E-state index contributed by atoms with van der Waals surface area (Å²) in [6.07, 6.45) is -0.394. The number of carboxylic acids is 1. The largest absolute Gasteiger partial charge is 0.488 e. The molecule has 0 fully saturated rings. The summed E-state index contributed by atoms with van der Waals surface area (Å²) in [4.78, 5) is 22.6. The van der Waals surface area contributed by atoms with E-state index in [2.05, 4.69) is 9.50 Å². The molecule has 10 heteroatoms. The van der Waals surface area contributed by atoms with Gasteiger partial charge in [0.05, 0.1) is 13.0 Å². The van der Waals surface area contributed by atoms with Gasteiger partial charge < -0.3 is 19.3 Å². The van der Waals surface area contributed by atoms with E-state index in [1.165, 1.54) is 6.07 Å². The minimum atomic E-state index is -5.25. The van der Waals surface area contributed by atoms with Crippen LogP contribution in [0.1, 0.15) is 37.5 Å². The number of benzene rings is 1. The molecule has 0 heterocycles. The lowest BCUT2D eigenvalue weighted by atomic mass is 9.99. The van der Waals surface area contributed by atoms with Gasteiger partial charge in [0.15, 0.2) is 0 Å². The maximum atomic E-state index is 12.8. The predicted octanol–water partition coefficient (Wildman–Crippen LogP) is 1.65. The molecule has 26 heavy (non-hydrogen) atoms. The first-order valence-corrected chi connectivity index (χ1v) is 8.98. The molecule has 0 amide bonds. The normalized spacial score (nSPS) is 11.9. The molecule has 1 rings (SSSR count). The third kappa shape index (κ3) is 8.26. The summed E-state index contributed by atoms with van der Waals surface area (Å²) >= 11 is 0. The summed E-state index contributed by atoms with van der Waals surface area (Å²) < 4.78 is 43.5. The van der Waals surface area contributed by atoms with Crippen LogP contribution in [0.2, 0.25) is 0 Å². The van der Waals surface area contributed by atoms with Crippen LogP contribution in [0.15, 0.2) is 12.1 Å². The minimum absolute atomic E-state index is 0.0984. The van der Waals surface area contributed by atoms with E-state index in [1.807, 2.05) is 0 Å². The Morgan fingerprint density at radius 1 is 1.23 bits per heavy atom. The van der Waals surface area contributed by atoms with E-state index in [0.29, 0.717) is 11.1 Å². The Morgan fingerprint density at radius 3 is 2.31 bits per heavy atom. The third-order valence-electron chi connectivity index (χ3n) is 3.14. The van der Waals surface area contributed by atoms with E-state index < -0.39 is 34.5 Å². The fourth-order valence-corrected chi connectivity index (χ4v) is 2.50. The summed E-state index contributed by atoms with van der Waals surface area (Å²) in [6, 6.07) is 2.41.